The van der Waals surface area contributed by atoms with E-state index >= 15 is 0 Å². The van der Waals surface area contributed by atoms with Gasteiger partial charge in [0.25, 0.3) is 5.91 Å². The molecule has 0 spiro atoms. The minimum Gasteiger partial charge on any atom is -0.333 e. The maximum atomic E-state index is 12.3. The van der Waals surface area contributed by atoms with Gasteiger partial charge in [-0.3, -0.25) is 4.79 Å². The van der Waals surface area contributed by atoms with Crippen LogP contribution in [0.2, 0.25) is 0 Å². The molecule has 1 unspecified atom stereocenters. The van der Waals surface area contributed by atoms with E-state index in [2.05, 4.69) is 20.9 Å². The molecule has 2 N–H and O–H groups in total. The zero-order valence-corrected chi connectivity index (χ0v) is 13.6. The molecule has 1 saturated heterocycles. The van der Waals surface area contributed by atoms with Crippen molar-refractivity contribution in [1.29, 1.82) is 0 Å². The summed E-state index contributed by atoms with van der Waals surface area (Å²) in [5.41, 5.74) is 6.21. The lowest BCUT2D eigenvalue weighted by molar-refractivity contribution is 0.0617. The second kappa shape index (κ2) is 8.74. The van der Waals surface area contributed by atoms with E-state index in [1.165, 1.54) is 0 Å². The maximum absolute atomic E-state index is 12.3. The summed E-state index contributed by atoms with van der Waals surface area (Å²) >= 11 is 3.31. The number of nitrogens with two attached hydrogens (primary N) is 1. The minimum absolute atomic E-state index is 0. The zero-order valence-electron chi connectivity index (χ0n) is 10.4. The molecule has 0 saturated carbocycles. The molecule has 7 heteroatoms. The van der Waals surface area contributed by atoms with Crippen molar-refractivity contribution in [3.63, 3.8) is 0 Å². The zero-order chi connectivity index (χ0) is 12.3. The normalized spacial score (nSPS) is 18.2. The van der Waals surface area contributed by atoms with Gasteiger partial charge in [0.05, 0.1) is 0 Å². The first kappa shape index (κ1) is 18.6. The highest BCUT2D eigenvalue weighted by molar-refractivity contribution is 9.10. The first-order valence-corrected chi connectivity index (χ1v) is 6.64. The number of amides is 1. The molecule has 1 aromatic rings. The van der Waals surface area contributed by atoms with Crippen molar-refractivity contribution in [1.82, 2.24) is 9.88 Å². The van der Waals surface area contributed by atoms with Crippen molar-refractivity contribution < 1.29 is 4.79 Å². The molecule has 1 amide bonds. The maximum Gasteiger partial charge on any atom is 0.272 e. The molecule has 2 rings (SSSR count). The molecule has 0 bridgehead atoms. The number of hydrogen-bond donors (Lipinski definition) is 1. The number of carbonyl (C=O) groups excluding carboxylic acids is 1. The molecular formula is C12H18BrCl2N3O. The van der Waals surface area contributed by atoms with E-state index in [-0.39, 0.29) is 36.8 Å². The third kappa shape index (κ3) is 4.60. The van der Waals surface area contributed by atoms with Gasteiger partial charge in [0.2, 0.25) is 0 Å². The van der Waals surface area contributed by atoms with Crippen molar-refractivity contribution in [2.45, 2.75) is 25.3 Å². The van der Waals surface area contributed by atoms with Crippen LogP contribution >= 0.6 is 40.7 Å². The number of rotatable bonds is 2. The van der Waals surface area contributed by atoms with Crippen molar-refractivity contribution in [2.24, 2.45) is 5.73 Å². The van der Waals surface area contributed by atoms with Crippen LogP contribution in [0.1, 0.15) is 29.8 Å². The quantitative estimate of drug-likeness (QED) is 0.870. The Kier molecular flexibility index (Phi) is 8.57. The molecule has 0 radical (unpaired) electrons. The van der Waals surface area contributed by atoms with Gasteiger partial charge in [-0.05, 0) is 47.3 Å². The molecule has 0 aromatic carbocycles. The van der Waals surface area contributed by atoms with E-state index < -0.39 is 0 Å². The van der Waals surface area contributed by atoms with Crippen LogP contribution in [0.4, 0.5) is 0 Å². The molecule has 2 heterocycles. The molecule has 1 aromatic heterocycles. The first-order valence-electron chi connectivity index (χ1n) is 5.85. The summed E-state index contributed by atoms with van der Waals surface area (Å²) < 4.78 is 0.878. The number of halogens is 3. The van der Waals surface area contributed by atoms with E-state index in [0.29, 0.717) is 12.2 Å². The molecule has 108 valence electrons. The summed E-state index contributed by atoms with van der Waals surface area (Å²) in [6, 6.07) is 3.75. The van der Waals surface area contributed by atoms with Crippen LogP contribution < -0.4 is 5.73 Å². The van der Waals surface area contributed by atoms with Crippen LogP contribution in [-0.4, -0.2) is 34.9 Å². The monoisotopic (exact) mass is 369 g/mol. The lowest BCUT2D eigenvalue weighted by Gasteiger charge is -2.34. The van der Waals surface area contributed by atoms with Gasteiger partial charge in [-0.25, -0.2) is 4.98 Å². The summed E-state index contributed by atoms with van der Waals surface area (Å²) in [5, 5.41) is 0. The fourth-order valence-electron chi connectivity index (χ4n) is 2.16. The first-order chi connectivity index (χ1) is 8.22. The van der Waals surface area contributed by atoms with Gasteiger partial charge in [0.15, 0.2) is 0 Å². The average Bonchev–Trinajstić information content (AvgIpc) is 2.39. The van der Waals surface area contributed by atoms with Gasteiger partial charge in [-0.15, -0.1) is 24.8 Å². The number of aromatic nitrogens is 1. The average molecular weight is 371 g/mol. The largest absolute Gasteiger partial charge is 0.333 e. The Morgan fingerprint density at radius 2 is 2.16 bits per heavy atom. The fraction of sp³-hybridized carbons (Fsp3) is 0.500. The van der Waals surface area contributed by atoms with Gasteiger partial charge in [0, 0.05) is 29.8 Å². The summed E-state index contributed by atoms with van der Waals surface area (Å²) in [4.78, 5) is 18.3. The third-order valence-electron chi connectivity index (χ3n) is 3.11. The van der Waals surface area contributed by atoms with Crippen LogP contribution in [0.5, 0.6) is 0 Å². The van der Waals surface area contributed by atoms with Gasteiger partial charge in [-0.2, -0.15) is 0 Å². The van der Waals surface area contributed by atoms with Gasteiger partial charge < -0.3 is 10.6 Å². The number of pyridine rings is 1. The topological polar surface area (TPSA) is 59.2 Å². The van der Waals surface area contributed by atoms with Gasteiger partial charge in [0.1, 0.15) is 5.69 Å². The van der Waals surface area contributed by atoms with Crippen molar-refractivity contribution in [3.05, 3.63) is 28.5 Å². The molecule has 0 aliphatic carbocycles. The van der Waals surface area contributed by atoms with Crippen molar-refractivity contribution in [3.8, 4) is 0 Å². The Hall–Kier alpha value is -0.360. The predicted octanol–water partition coefficient (Wildman–Crippen LogP) is 2.64. The molecule has 4 nitrogen and oxygen atoms in total. The Labute approximate surface area is 134 Å². The predicted molar refractivity (Wildman–Crippen MR) is 84.2 cm³/mol. The Morgan fingerprint density at radius 3 is 2.74 bits per heavy atom. The van der Waals surface area contributed by atoms with E-state index in [4.69, 9.17) is 5.73 Å². The minimum atomic E-state index is -0.00681. The number of hydrogen-bond acceptors (Lipinski definition) is 3. The molecule has 19 heavy (non-hydrogen) atoms. The number of likely N-dealkylation sites (tertiary alicyclic amines) is 1. The van der Waals surface area contributed by atoms with Crippen molar-refractivity contribution >= 4 is 46.7 Å². The summed E-state index contributed by atoms with van der Waals surface area (Å²) in [5.74, 6) is -0.00681. The van der Waals surface area contributed by atoms with Gasteiger partial charge in [-0.1, -0.05) is 0 Å². The molecule has 1 aliphatic heterocycles. The second-order valence-electron chi connectivity index (χ2n) is 4.25. The lowest BCUT2D eigenvalue weighted by Crippen LogP contribution is -2.47. The number of carbonyl (C=O) groups is 1. The van der Waals surface area contributed by atoms with Crippen LogP contribution in [0.15, 0.2) is 22.8 Å². The van der Waals surface area contributed by atoms with Gasteiger partial charge >= 0.3 is 0 Å². The fourth-order valence-corrected chi connectivity index (χ4v) is 2.40. The Bertz CT molecular complexity index is 402. The van der Waals surface area contributed by atoms with Crippen LogP contribution in [-0.2, 0) is 0 Å². The Morgan fingerprint density at radius 1 is 1.42 bits per heavy atom. The van der Waals surface area contributed by atoms with Crippen LogP contribution in [0, 0.1) is 0 Å². The highest BCUT2D eigenvalue weighted by Crippen LogP contribution is 2.18. The summed E-state index contributed by atoms with van der Waals surface area (Å²) in [6.07, 6.45) is 4.85. The summed E-state index contributed by atoms with van der Waals surface area (Å²) in [7, 11) is 0. The highest BCUT2D eigenvalue weighted by atomic mass is 79.9. The van der Waals surface area contributed by atoms with Crippen molar-refractivity contribution in [2.75, 3.05) is 13.1 Å². The SMILES string of the molecule is Cl.Cl.NCC1CCCCN1C(=O)c1ccc(Br)cn1. The molecule has 1 atom stereocenters. The lowest BCUT2D eigenvalue weighted by atomic mass is 10.0. The van der Waals surface area contributed by atoms with E-state index in [0.717, 1.165) is 30.3 Å². The summed E-state index contributed by atoms with van der Waals surface area (Å²) in [6.45, 7) is 1.32. The second-order valence-corrected chi connectivity index (χ2v) is 5.16. The number of piperidine rings is 1. The molecular weight excluding hydrogens is 353 g/mol. The standard InChI is InChI=1S/C12H16BrN3O.2ClH/c13-9-4-5-11(15-8-9)12(17)16-6-2-1-3-10(16)7-14;;/h4-5,8,10H,1-3,6-7,14H2;2*1H. The smallest absolute Gasteiger partial charge is 0.272 e. The van der Waals surface area contributed by atoms with E-state index in [9.17, 15) is 4.79 Å². The molecule has 1 fully saturated rings. The Balaban J connectivity index is 0.00000162. The van der Waals surface area contributed by atoms with E-state index in [1.54, 1.807) is 12.3 Å². The highest BCUT2D eigenvalue weighted by Gasteiger charge is 2.26. The van der Waals surface area contributed by atoms with Crippen LogP contribution in [0.25, 0.3) is 0 Å². The molecule has 1 aliphatic rings. The van der Waals surface area contributed by atoms with Crippen LogP contribution in [0.3, 0.4) is 0 Å². The number of nitrogens with zero attached hydrogens (tertiary/aromatic N) is 2. The van der Waals surface area contributed by atoms with E-state index in [1.807, 2.05) is 11.0 Å². The third-order valence-corrected chi connectivity index (χ3v) is 3.58.